The van der Waals surface area contributed by atoms with Gasteiger partial charge in [-0.3, -0.25) is 4.79 Å². The van der Waals surface area contributed by atoms with Crippen LogP contribution in [0.2, 0.25) is 0 Å². The minimum atomic E-state index is -0.719. The second-order valence-corrected chi connectivity index (χ2v) is 5.84. The lowest BCUT2D eigenvalue weighted by atomic mass is 10.1. The van der Waals surface area contributed by atoms with Crippen LogP contribution >= 0.6 is 15.9 Å². The molecule has 24 heavy (non-hydrogen) atoms. The molecule has 1 atom stereocenters. The van der Waals surface area contributed by atoms with Crippen molar-refractivity contribution >= 4 is 28.1 Å². The molecule has 1 aliphatic heterocycles. The fourth-order valence-electron chi connectivity index (χ4n) is 2.28. The van der Waals surface area contributed by atoms with Gasteiger partial charge >= 0.3 is 0 Å². The van der Waals surface area contributed by atoms with Crippen LogP contribution in [0.1, 0.15) is 17.2 Å². The number of hydrazone groups is 1. The summed E-state index contributed by atoms with van der Waals surface area (Å²) in [6.45, 7) is 0.200. The Kier molecular flexibility index (Phi) is 5.12. The number of hydrogen-bond acceptors (Lipinski definition) is 5. The molecule has 6 nitrogen and oxygen atoms in total. The van der Waals surface area contributed by atoms with E-state index in [-0.39, 0.29) is 12.7 Å². The van der Waals surface area contributed by atoms with Crippen molar-refractivity contribution in [3.05, 3.63) is 58.1 Å². The van der Waals surface area contributed by atoms with Crippen molar-refractivity contribution in [2.75, 3.05) is 13.9 Å². The third-order valence-corrected chi connectivity index (χ3v) is 4.13. The van der Waals surface area contributed by atoms with Crippen molar-refractivity contribution in [2.45, 2.75) is 6.10 Å². The molecule has 0 saturated carbocycles. The Hall–Kier alpha value is -2.38. The van der Waals surface area contributed by atoms with E-state index in [4.69, 9.17) is 14.2 Å². The van der Waals surface area contributed by atoms with Crippen molar-refractivity contribution in [1.82, 2.24) is 5.43 Å². The minimum absolute atomic E-state index is 0.200. The largest absolute Gasteiger partial charge is 0.454 e. The third kappa shape index (κ3) is 3.58. The number of benzene rings is 2. The van der Waals surface area contributed by atoms with E-state index in [2.05, 4.69) is 26.5 Å². The fourth-order valence-corrected chi connectivity index (χ4v) is 2.70. The number of rotatable bonds is 5. The number of fused-ring (bicyclic) bond motifs is 1. The molecule has 0 saturated heterocycles. The summed E-state index contributed by atoms with van der Waals surface area (Å²) in [6.07, 6.45) is 0.810. The quantitative estimate of drug-likeness (QED) is 0.629. The molecule has 3 rings (SSSR count). The van der Waals surface area contributed by atoms with Gasteiger partial charge in [0.05, 0.1) is 6.21 Å². The van der Waals surface area contributed by atoms with Crippen LogP contribution in [0.15, 0.2) is 52.0 Å². The number of nitrogens with zero attached hydrogens (tertiary/aromatic N) is 1. The highest BCUT2D eigenvalue weighted by molar-refractivity contribution is 9.10. The first-order valence-corrected chi connectivity index (χ1v) is 7.98. The first-order chi connectivity index (χ1) is 11.7. The Bertz CT molecular complexity index is 765. The van der Waals surface area contributed by atoms with Gasteiger partial charge in [-0.1, -0.05) is 30.3 Å². The van der Waals surface area contributed by atoms with Crippen molar-refractivity contribution < 1.29 is 19.0 Å². The molecule has 0 fully saturated rings. The van der Waals surface area contributed by atoms with E-state index in [0.29, 0.717) is 11.5 Å². The summed E-state index contributed by atoms with van der Waals surface area (Å²) < 4.78 is 16.7. The SMILES string of the molecule is CO[C@@H](C(=O)N/N=C\c1cc2c(cc1Br)OCO2)c1ccccc1. The van der Waals surface area contributed by atoms with Crippen molar-refractivity contribution in [3.8, 4) is 11.5 Å². The molecule has 1 amide bonds. The maximum atomic E-state index is 12.2. The van der Waals surface area contributed by atoms with Gasteiger partial charge in [-0.15, -0.1) is 0 Å². The predicted octanol–water partition coefficient (Wildman–Crippen LogP) is 3.02. The highest BCUT2D eigenvalue weighted by Gasteiger charge is 2.19. The van der Waals surface area contributed by atoms with Gasteiger partial charge in [0.1, 0.15) is 0 Å². The Labute approximate surface area is 147 Å². The van der Waals surface area contributed by atoms with E-state index in [1.54, 1.807) is 12.1 Å². The predicted molar refractivity (Wildman–Crippen MR) is 92.2 cm³/mol. The van der Waals surface area contributed by atoms with Crippen LogP contribution in [0.4, 0.5) is 0 Å². The number of methoxy groups -OCH3 is 1. The van der Waals surface area contributed by atoms with Crippen molar-refractivity contribution in [2.24, 2.45) is 5.10 Å². The van der Waals surface area contributed by atoms with Crippen LogP contribution in [0, 0.1) is 0 Å². The van der Waals surface area contributed by atoms with Crippen LogP contribution in [0.25, 0.3) is 0 Å². The monoisotopic (exact) mass is 390 g/mol. The van der Waals surface area contributed by atoms with Crippen LogP contribution in [-0.2, 0) is 9.53 Å². The normalized spacial score (nSPS) is 13.9. The molecule has 0 unspecified atom stereocenters. The molecule has 1 heterocycles. The first-order valence-electron chi connectivity index (χ1n) is 7.19. The molecule has 0 bridgehead atoms. The maximum absolute atomic E-state index is 12.2. The number of hydrogen-bond donors (Lipinski definition) is 1. The molecule has 0 radical (unpaired) electrons. The summed E-state index contributed by atoms with van der Waals surface area (Å²) in [6, 6.07) is 12.8. The topological polar surface area (TPSA) is 69.2 Å². The molecule has 7 heteroatoms. The molecule has 124 valence electrons. The molecule has 0 aromatic heterocycles. The Morgan fingerprint density at radius 3 is 2.71 bits per heavy atom. The van der Waals surface area contributed by atoms with Gasteiger partial charge < -0.3 is 14.2 Å². The second kappa shape index (κ2) is 7.46. The van der Waals surface area contributed by atoms with E-state index in [1.807, 2.05) is 30.3 Å². The Balaban J connectivity index is 1.69. The minimum Gasteiger partial charge on any atom is -0.454 e. The van der Waals surface area contributed by atoms with E-state index >= 15 is 0 Å². The van der Waals surface area contributed by atoms with Gasteiger partial charge in [-0.2, -0.15) is 5.10 Å². The third-order valence-electron chi connectivity index (χ3n) is 3.45. The second-order valence-electron chi connectivity index (χ2n) is 4.99. The summed E-state index contributed by atoms with van der Waals surface area (Å²) in [5.41, 5.74) is 4.01. The smallest absolute Gasteiger partial charge is 0.273 e. The van der Waals surface area contributed by atoms with E-state index < -0.39 is 6.10 Å². The van der Waals surface area contributed by atoms with Crippen LogP contribution < -0.4 is 14.9 Å². The summed E-state index contributed by atoms with van der Waals surface area (Å²) >= 11 is 3.43. The first kappa shape index (κ1) is 16.5. The fraction of sp³-hybridized carbons (Fsp3) is 0.176. The number of carbonyl (C=O) groups is 1. The highest BCUT2D eigenvalue weighted by Crippen LogP contribution is 2.36. The number of carbonyl (C=O) groups excluding carboxylic acids is 1. The lowest BCUT2D eigenvalue weighted by Gasteiger charge is -2.13. The van der Waals surface area contributed by atoms with Gasteiger partial charge in [-0.25, -0.2) is 5.43 Å². The zero-order chi connectivity index (χ0) is 16.9. The van der Waals surface area contributed by atoms with Gasteiger partial charge in [0.15, 0.2) is 17.6 Å². The highest BCUT2D eigenvalue weighted by atomic mass is 79.9. The molecular weight excluding hydrogens is 376 g/mol. The Morgan fingerprint density at radius 1 is 1.29 bits per heavy atom. The van der Waals surface area contributed by atoms with E-state index in [9.17, 15) is 4.79 Å². The van der Waals surface area contributed by atoms with Crippen LogP contribution in [0.5, 0.6) is 11.5 Å². The van der Waals surface area contributed by atoms with E-state index in [0.717, 1.165) is 15.6 Å². The van der Waals surface area contributed by atoms with Crippen LogP contribution in [0.3, 0.4) is 0 Å². The maximum Gasteiger partial charge on any atom is 0.273 e. The average Bonchev–Trinajstić information content (AvgIpc) is 3.04. The molecule has 0 aliphatic carbocycles. The lowest BCUT2D eigenvalue weighted by molar-refractivity contribution is -0.131. The number of nitrogens with one attached hydrogen (secondary N) is 1. The van der Waals surface area contributed by atoms with Gasteiger partial charge in [0.25, 0.3) is 5.91 Å². The zero-order valence-electron chi connectivity index (χ0n) is 12.9. The molecule has 0 spiro atoms. The van der Waals surface area contributed by atoms with Crippen molar-refractivity contribution in [1.29, 1.82) is 0 Å². The number of halogens is 1. The molecule has 1 N–H and O–H groups in total. The summed E-state index contributed by atoms with van der Waals surface area (Å²) in [5, 5.41) is 3.99. The lowest BCUT2D eigenvalue weighted by Crippen LogP contribution is -2.26. The summed E-state index contributed by atoms with van der Waals surface area (Å²) in [4.78, 5) is 12.2. The zero-order valence-corrected chi connectivity index (χ0v) is 14.4. The Morgan fingerprint density at radius 2 is 2.00 bits per heavy atom. The average molecular weight is 391 g/mol. The number of ether oxygens (including phenoxy) is 3. The molecule has 2 aromatic rings. The van der Waals surface area contributed by atoms with Crippen LogP contribution in [-0.4, -0.2) is 26.0 Å². The van der Waals surface area contributed by atoms with Gasteiger partial charge in [0.2, 0.25) is 6.79 Å². The summed E-state index contributed by atoms with van der Waals surface area (Å²) in [5.74, 6) is 0.966. The van der Waals surface area contributed by atoms with Gasteiger partial charge in [0, 0.05) is 17.1 Å². The van der Waals surface area contributed by atoms with E-state index in [1.165, 1.54) is 13.3 Å². The molecular formula is C17H15BrN2O4. The number of amides is 1. The standard InChI is InChI=1S/C17H15BrN2O4/c1-22-16(11-5-3-2-4-6-11)17(21)20-19-9-12-7-14-15(8-13(12)18)24-10-23-14/h2-9,16H,10H2,1H3,(H,20,21)/b19-9-/t16-/m1/s1. The molecule has 2 aromatic carbocycles. The molecule has 1 aliphatic rings. The van der Waals surface area contributed by atoms with Gasteiger partial charge in [-0.05, 0) is 33.6 Å². The van der Waals surface area contributed by atoms with Crippen molar-refractivity contribution in [3.63, 3.8) is 0 Å². The summed E-state index contributed by atoms with van der Waals surface area (Å²) in [7, 11) is 1.48.